The van der Waals surface area contributed by atoms with Gasteiger partial charge in [-0.3, -0.25) is 4.79 Å². The van der Waals surface area contributed by atoms with Gasteiger partial charge in [0.25, 0.3) is 0 Å². The van der Waals surface area contributed by atoms with Gasteiger partial charge >= 0.3 is 5.97 Å². The van der Waals surface area contributed by atoms with Crippen molar-refractivity contribution in [3.05, 3.63) is 23.5 Å². The van der Waals surface area contributed by atoms with Crippen molar-refractivity contribution in [1.29, 1.82) is 0 Å². The minimum absolute atomic E-state index is 0.0985. The average Bonchev–Trinajstić information content (AvgIpc) is 2.73. The summed E-state index contributed by atoms with van der Waals surface area (Å²) in [7, 11) is 0. The van der Waals surface area contributed by atoms with Crippen molar-refractivity contribution in [2.24, 2.45) is 0 Å². The minimum atomic E-state index is -1.20. The highest BCUT2D eigenvalue weighted by molar-refractivity contribution is 5.83. The van der Waals surface area contributed by atoms with Crippen molar-refractivity contribution in [3.8, 4) is 11.5 Å². The van der Waals surface area contributed by atoms with Crippen molar-refractivity contribution in [3.63, 3.8) is 0 Å². The lowest BCUT2D eigenvalue weighted by molar-refractivity contribution is -0.143. The predicted molar refractivity (Wildman–Crippen MR) is 57.5 cm³/mol. The molecule has 2 rings (SSSR count). The maximum atomic E-state index is 13.0. The monoisotopic (exact) mass is 240 g/mol. The van der Waals surface area contributed by atoms with E-state index >= 15 is 0 Å². The van der Waals surface area contributed by atoms with E-state index in [1.807, 2.05) is 0 Å². The molecule has 1 aliphatic carbocycles. The summed E-state index contributed by atoms with van der Waals surface area (Å²) in [5, 5.41) is 28.3. The summed E-state index contributed by atoms with van der Waals surface area (Å²) in [4.78, 5) is 11.4. The molecule has 3 N–H and O–H groups in total. The summed E-state index contributed by atoms with van der Waals surface area (Å²) in [5.74, 6) is -3.05. The van der Waals surface area contributed by atoms with E-state index in [1.165, 1.54) is 0 Å². The number of hydrogen-bond acceptors (Lipinski definition) is 3. The fourth-order valence-corrected chi connectivity index (χ4v) is 2.51. The highest BCUT2D eigenvalue weighted by atomic mass is 19.1. The van der Waals surface area contributed by atoms with Gasteiger partial charge in [0.1, 0.15) is 5.75 Å². The molecule has 0 atom stereocenters. The van der Waals surface area contributed by atoms with E-state index in [0.717, 1.165) is 25.0 Å². The quantitative estimate of drug-likeness (QED) is 0.692. The first-order chi connectivity index (χ1) is 7.97. The third-order valence-corrected chi connectivity index (χ3v) is 3.45. The molecule has 0 spiro atoms. The number of phenolic OH excluding ortho intramolecular Hbond substituents is 2. The number of aromatic hydroxyl groups is 2. The topological polar surface area (TPSA) is 77.8 Å². The van der Waals surface area contributed by atoms with E-state index in [2.05, 4.69) is 0 Å². The molecule has 0 saturated heterocycles. The lowest BCUT2D eigenvalue weighted by Crippen LogP contribution is -2.32. The molecule has 0 aromatic heterocycles. The summed E-state index contributed by atoms with van der Waals surface area (Å²) in [5.41, 5.74) is -1.10. The normalized spacial score (nSPS) is 18.2. The second-order valence-corrected chi connectivity index (χ2v) is 4.42. The third-order valence-electron chi connectivity index (χ3n) is 3.45. The van der Waals surface area contributed by atoms with Gasteiger partial charge in [-0.25, -0.2) is 4.39 Å². The van der Waals surface area contributed by atoms with Gasteiger partial charge in [0.15, 0.2) is 11.6 Å². The van der Waals surface area contributed by atoms with Crippen molar-refractivity contribution in [2.75, 3.05) is 0 Å². The van der Waals surface area contributed by atoms with Crippen LogP contribution >= 0.6 is 0 Å². The molecule has 1 aliphatic rings. The minimum Gasteiger partial charge on any atom is -0.508 e. The number of halogens is 1. The van der Waals surface area contributed by atoms with Gasteiger partial charge in [0.05, 0.1) is 5.41 Å². The van der Waals surface area contributed by atoms with Crippen molar-refractivity contribution in [1.82, 2.24) is 0 Å². The second-order valence-electron chi connectivity index (χ2n) is 4.42. The van der Waals surface area contributed by atoms with Crippen molar-refractivity contribution in [2.45, 2.75) is 31.1 Å². The number of carbonyl (C=O) groups is 1. The Morgan fingerprint density at radius 3 is 2.29 bits per heavy atom. The van der Waals surface area contributed by atoms with Crippen LogP contribution in [0.15, 0.2) is 12.1 Å². The van der Waals surface area contributed by atoms with E-state index in [9.17, 15) is 24.5 Å². The zero-order chi connectivity index (χ0) is 12.6. The van der Waals surface area contributed by atoms with Crippen LogP contribution in [0.25, 0.3) is 0 Å². The lowest BCUT2D eigenvalue weighted by atomic mass is 9.78. The Balaban J connectivity index is 2.58. The standard InChI is InChI=1S/C12H13FO4/c13-8-6-9(14)7(5-10(8)15)12(11(16)17)3-1-2-4-12/h5-6,14-15H,1-4H2,(H,16,17). The summed E-state index contributed by atoms with van der Waals surface area (Å²) < 4.78 is 13.0. The van der Waals surface area contributed by atoms with Gasteiger partial charge in [0.2, 0.25) is 0 Å². The first kappa shape index (κ1) is 11.7. The van der Waals surface area contributed by atoms with E-state index in [4.69, 9.17) is 0 Å². The SMILES string of the molecule is O=C(O)C1(c2cc(O)c(F)cc2O)CCCC1. The Bertz CT molecular complexity index is 464. The average molecular weight is 240 g/mol. The van der Waals surface area contributed by atoms with Gasteiger partial charge in [-0.2, -0.15) is 0 Å². The first-order valence-electron chi connectivity index (χ1n) is 5.43. The Morgan fingerprint density at radius 1 is 1.18 bits per heavy atom. The number of phenols is 2. The zero-order valence-electron chi connectivity index (χ0n) is 9.11. The molecule has 1 aromatic rings. The smallest absolute Gasteiger partial charge is 0.314 e. The fraction of sp³-hybridized carbons (Fsp3) is 0.417. The third kappa shape index (κ3) is 1.71. The largest absolute Gasteiger partial charge is 0.508 e. The zero-order valence-corrected chi connectivity index (χ0v) is 9.11. The molecule has 0 aliphatic heterocycles. The van der Waals surface area contributed by atoms with Gasteiger partial charge in [0, 0.05) is 11.6 Å². The molecule has 0 radical (unpaired) electrons. The van der Waals surface area contributed by atoms with Crippen LogP contribution < -0.4 is 0 Å². The van der Waals surface area contributed by atoms with Gasteiger partial charge in [-0.15, -0.1) is 0 Å². The van der Waals surface area contributed by atoms with Gasteiger partial charge < -0.3 is 15.3 Å². The number of hydrogen-bond donors (Lipinski definition) is 3. The number of benzene rings is 1. The van der Waals surface area contributed by atoms with E-state index in [-0.39, 0.29) is 5.56 Å². The molecule has 1 fully saturated rings. The Kier molecular flexibility index (Phi) is 2.69. The van der Waals surface area contributed by atoms with Crippen molar-refractivity contribution >= 4 is 5.97 Å². The number of carboxylic acid groups (broad SMARTS) is 1. The fourth-order valence-electron chi connectivity index (χ4n) is 2.51. The van der Waals surface area contributed by atoms with Crippen LogP contribution in [0.5, 0.6) is 11.5 Å². The highest BCUT2D eigenvalue weighted by Crippen LogP contribution is 2.46. The Hall–Kier alpha value is -1.78. The summed E-state index contributed by atoms with van der Waals surface area (Å²) in [6.45, 7) is 0. The van der Waals surface area contributed by atoms with E-state index in [0.29, 0.717) is 12.8 Å². The summed E-state index contributed by atoms with van der Waals surface area (Å²) >= 11 is 0. The van der Waals surface area contributed by atoms with E-state index in [1.54, 1.807) is 0 Å². The van der Waals surface area contributed by atoms with E-state index < -0.39 is 28.7 Å². The highest BCUT2D eigenvalue weighted by Gasteiger charge is 2.45. The second kappa shape index (κ2) is 3.91. The van der Waals surface area contributed by atoms with Gasteiger partial charge in [-0.1, -0.05) is 12.8 Å². The molecule has 0 heterocycles. The molecule has 1 aromatic carbocycles. The van der Waals surface area contributed by atoms with Crippen LogP contribution in [0.2, 0.25) is 0 Å². The van der Waals surface area contributed by atoms with Gasteiger partial charge in [-0.05, 0) is 18.9 Å². The molecule has 0 unspecified atom stereocenters. The summed E-state index contributed by atoms with van der Waals surface area (Å²) in [6, 6.07) is 1.78. The molecular weight excluding hydrogens is 227 g/mol. The molecule has 5 heteroatoms. The Morgan fingerprint density at radius 2 is 1.76 bits per heavy atom. The molecular formula is C12H13FO4. The number of carboxylic acids is 1. The van der Waals surface area contributed by atoms with Crippen LogP contribution in [0.3, 0.4) is 0 Å². The number of rotatable bonds is 2. The lowest BCUT2D eigenvalue weighted by Gasteiger charge is -2.25. The van der Waals surface area contributed by atoms with Crippen LogP contribution in [0.4, 0.5) is 4.39 Å². The maximum Gasteiger partial charge on any atom is 0.314 e. The van der Waals surface area contributed by atoms with Crippen LogP contribution in [-0.4, -0.2) is 21.3 Å². The molecule has 4 nitrogen and oxygen atoms in total. The number of aliphatic carboxylic acids is 1. The molecule has 17 heavy (non-hydrogen) atoms. The maximum absolute atomic E-state index is 13.0. The van der Waals surface area contributed by atoms with Crippen LogP contribution in [-0.2, 0) is 10.2 Å². The first-order valence-corrected chi connectivity index (χ1v) is 5.43. The predicted octanol–water partition coefficient (Wildman–Crippen LogP) is 2.13. The molecule has 0 amide bonds. The molecule has 92 valence electrons. The van der Waals surface area contributed by atoms with Crippen molar-refractivity contribution < 1.29 is 24.5 Å². The van der Waals surface area contributed by atoms with Crippen LogP contribution in [0, 0.1) is 5.82 Å². The Labute approximate surface area is 97.3 Å². The summed E-state index contributed by atoms with van der Waals surface area (Å²) in [6.07, 6.45) is 2.26. The molecule has 1 saturated carbocycles. The van der Waals surface area contributed by atoms with Crippen LogP contribution in [0.1, 0.15) is 31.2 Å². The molecule has 0 bridgehead atoms.